The number of carbonyl (C=O) groups is 2. The van der Waals surface area contributed by atoms with Crippen LogP contribution in [0.1, 0.15) is 71.5 Å². The summed E-state index contributed by atoms with van der Waals surface area (Å²) >= 11 is 0. The predicted molar refractivity (Wildman–Crippen MR) is 121 cm³/mol. The van der Waals surface area contributed by atoms with Crippen LogP contribution in [0.15, 0.2) is 36.4 Å². The predicted octanol–water partition coefficient (Wildman–Crippen LogP) is 5.23. The van der Waals surface area contributed by atoms with Crippen LogP contribution in [0.4, 0.5) is 0 Å². The standard InChI is InChI=1S/C25H34N2O3/c1-9-22(25(5,6)7)27(24(29)20-11-10-12-21(30-8)18(20)4)26-23(28)19-14-16(2)13-17(3)15-19/h10-15,22H,9H2,1-8H3,(H,26,28). The van der Waals surface area contributed by atoms with Crippen molar-refractivity contribution >= 4 is 11.8 Å². The zero-order valence-corrected chi connectivity index (χ0v) is 19.4. The van der Waals surface area contributed by atoms with E-state index in [2.05, 4.69) is 26.2 Å². The second-order valence-corrected chi connectivity index (χ2v) is 8.92. The summed E-state index contributed by atoms with van der Waals surface area (Å²) in [6.07, 6.45) is 0.700. The van der Waals surface area contributed by atoms with Gasteiger partial charge in [-0.05, 0) is 56.9 Å². The molecule has 1 atom stereocenters. The van der Waals surface area contributed by atoms with Gasteiger partial charge in [0.15, 0.2) is 0 Å². The smallest absolute Gasteiger partial charge is 0.272 e. The van der Waals surface area contributed by atoms with Crippen molar-refractivity contribution in [3.05, 3.63) is 64.2 Å². The molecule has 1 N–H and O–H groups in total. The number of nitrogens with one attached hydrogen (secondary N) is 1. The first-order chi connectivity index (χ1) is 14.0. The lowest BCUT2D eigenvalue weighted by Crippen LogP contribution is -2.56. The number of rotatable bonds is 5. The highest BCUT2D eigenvalue weighted by molar-refractivity contribution is 6.00. The van der Waals surface area contributed by atoms with Crippen molar-refractivity contribution in [2.45, 2.75) is 60.9 Å². The summed E-state index contributed by atoms with van der Waals surface area (Å²) in [5.41, 5.74) is 6.49. The molecular weight excluding hydrogens is 376 g/mol. The van der Waals surface area contributed by atoms with Gasteiger partial charge in [0.05, 0.1) is 13.2 Å². The molecular formula is C25H34N2O3. The van der Waals surface area contributed by atoms with Crippen LogP contribution in [-0.2, 0) is 0 Å². The highest BCUT2D eigenvalue weighted by Gasteiger charge is 2.35. The summed E-state index contributed by atoms with van der Waals surface area (Å²) in [5.74, 6) is 0.106. The second kappa shape index (κ2) is 9.33. The van der Waals surface area contributed by atoms with Gasteiger partial charge < -0.3 is 4.74 Å². The maximum atomic E-state index is 13.6. The van der Waals surface area contributed by atoms with Gasteiger partial charge >= 0.3 is 0 Å². The first kappa shape index (κ1) is 23.5. The number of nitrogens with zero attached hydrogens (tertiary/aromatic N) is 1. The Balaban J connectivity index is 2.50. The Labute approximate surface area is 180 Å². The van der Waals surface area contributed by atoms with Crippen molar-refractivity contribution in [2.75, 3.05) is 7.11 Å². The molecule has 0 fully saturated rings. The van der Waals surface area contributed by atoms with Crippen molar-refractivity contribution in [3.8, 4) is 5.75 Å². The Morgan fingerprint density at radius 1 is 1.07 bits per heavy atom. The Kier molecular flexibility index (Phi) is 7.30. The van der Waals surface area contributed by atoms with Gasteiger partial charge in [-0.2, -0.15) is 0 Å². The second-order valence-electron chi connectivity index (χ2n) is 8.92. The van der Waals surface area contributed by atoms with E-state index in [4.69, 9.17) is 4.74 Å². The molecule has 5 heteroatoms. The lowest BCUT2D eigenvalue weighted by atomic mass is 9.84. The number of carbonyl (C=O) groups excluding carboxylic acids is 2. The van der Waals surface area contributed by atoms with Crippen LogP contribution < -0.4 is 10.2 Å². The van der Waals surface area contributed by atoms with Crippen molar-refractivity contribution in [1.82, 2.24) is 10.4 Å². The minimum Gasteiger partial charge on any atom is -0.496 e. The molecule has 0 aliphatic heterocycles. The van der Waals surface area contributed by atoms with Crippen LogP contribution in [0.3, 0.4) is 0 Å². The summed E-state index contributed by atoms with van der Waals surface area (Å²) in [5, 5.41) is 1.50. The summed E-state index contributed by atoms with van der Waals surface area (Å²) in [4.78, 5) is 26.8. The number of aryl methyl sites for hydroxylation is 2. The van der Waals surface area contributed by atoms with E-state index >= 15 is 0 Å². The SMILES string of the molecule is CCC(N(NC(=O)c1cc(C)cc(C)c1)C(=O)c1cccc(OC)c1C)C(C)(C)C. The number of benzene rings is 2. The van der Waals surface area contributed by atoms with E-state index in [0.717, 1.165) is 16.7 Å². The first-order valence-corrected chi connectivity index (χ1v) is 10.4. The number of hydrogen-bond donors (Lipinski definition) is 1. The molecule has 0 spiro atoms. The van der Waals surface area contributed by atoms with Crippen LogP contribution in [0.25, 0.3) is 0 Å². The molecule has 30 heavy (non-hydrogen) atoms. The van der Waals surface area contributed by atoms with Crippen molar-refractivity contribution in [3.63, 3.8) is 0 Å². The monoisotopic (exact) mass is 410 g/mol. The summed E-state index contributed by atoms with van der Waals surface area (Å²) < 4.78 is 5.39. The largest absolute Gasteiger partial charge is 0.496 e. The minimum atomic E-state index is -0.293. The molecule has 162 valence electrons. The number of amides is 2. The van der Waals surface area contributed by atoms with Crippen LogP contribution in [0, 0.1) is 26.2 Å². The average molecular weight is 411 g/mol. The van der Waals surface area contributed by atoms with Gasteiger partial charge in [0.1, 0.15) is 5.75 Å². The van der Waals surface area contributed by atoms with Crippen molar-refractivity contribution in [2.24, 2.45) is 5.41 Å². The molecule has 0 saturated carbocycles. The Morgan fingerprint density at radius 2 is 1.67 bits per heavy atom. The third kappa shape index (κ3) is 5.21. The number of ether oxygens (including phenoxy) is 1. The highest BCUT2D eigenvalue weighted by Crippen LogP contribution is 2.29. The molecule has 5 nitrogen and oxygen atoms in total. The number of hydrogen-bond acceptors (Lipinski definition) is 3. The number of methoxy groups -OCH3 is 1. The van der Waals surface area contributed by atoms with E-state index in [-0.39, 0.29) is 23.3 Å². The molecule has 0 aliphatic carbocycles. The number of hydrazine groups is 1. The zero-order chi connectivity index (χ0) is 22.6. The molecule has 2 amide bonds. The molecule has 2 aromatic carbocycles. The lowest BCUT2D eigenvalue weighted by molar-refractivity contribution is 0.0284. The summed E-state index contributed by atoms with van der Waals surface area (Å²) in [7, 11) is 1.58. The summed E-state index contributed by atoms with van der Waals surface area (Å²) in [6.45, 7) is 14.0. The third-order valence-electron chi connectivity index (χ3n) is 5.36. The van der Waals surface area contributed by atoms with Gasteiger partial charge in [0.2, 0.25) is 0 Å². The topological polar surface area (TPSA) is 58.6 Å². The maximum Gasteiger partial charge on any atom is 0.272 e. The fourth-order valence-electron chi connectivity index (χ4n) is 3.93. The Morgan fingerprint density at radius 3 is 2.17 bits per heavy atom. The van der Waals surface area contributed by atoms with E-state index in [0.29, 0.717) is 23.3 Å². The maximum absolute atomic E-state index is 13.6. The first-order valence-electron chi connectivity index (χ1n) is 10.4. The van der Waals surface area contributed by atoms with Crippen molar-refractivity contribution < 1.29 is 14.3 Å². The molecule has 0 bridgehead atoms. The van der Waals surface area contributed by atoms with Crippen LogP contribution >= 0.6 is 0 Å². The molecule has 0 aliphatic rings. The lowest BCUT2D eigenvalue weighted by Gasteiger charge is -2.39. The van der Waals surface area contributed by atoms with E-state index in [9.17, 15) is 9.59 Å². The fraction of sp³-hybridized carbons (Fsp3) is 0.440. The zero-order valence-electron chi connectivity index (χ0n) is 19.4. The molecule has 0 saturated heterocycles. The van der Waals surface area contributed by atoms with Crippen LogP contribution in [0.2, 0.25) is 0 Å². The molecule has 0 aromatic heterocycles. The van der Waals surface area contributed by atoms with Gasteiger partial charge in [0, 0.05) is 16.7 Å². The van der Waals surface area contributed by atoms with Gasteiger partial charge in [0.25, 0.3) is 11.8 Å². The van der Waals surface area contributed by atoms with Gasteiger partial charge in [-0.15, -0.1) is 0 Å². The van der Waals surface area contributed by atoms with Crippen molar-refractivity contribution in [1.29, 1.82) is 0 Å². The fourth-order valence-corrected chi connectivity index (χ4v) is 3.93. The van der Waals surface area contributed by atoms with Gasteiger partial charge in [-0.3, -0.25) is 15.0 Å². The molecule has 0 radical (unpaired) electrons. The highest BCUT2D eigenvalue weighted by atomic mass is 16.5. The molecule has 1 unspecified atom stereocenters. The molecule has 2 aromatic rings. The normalized spacial score (nSPS) is 12.3. The third-order valence-corrected chi connectivity index (χ3v) is 5.36. The Hall–Kier alpha value is -2.82. The molecule has 2 rings (SSSR count). The Bertz CT molecular complexity index is 908. The van der Waals surface area contributed by atoms with Gasteiger partial charge in [-0.25, -0.2) is 5.01 Å². The van der Waals surface area contributed by atoms with E-state index in [1.165, 1.54) is 5.01 Å². The van der Waals surface area contributed by atoms with Crippen LogP contribution in [0.5, 0.6) is 5.75 Å². The van der Waals surface area contributed by atoms with Crippen LogP contribution in [-0.4, -0.2) is 30.0 Å². The van der Waals surface area contributed by atoms with Gasteiger partial charge in [-0.1, -0.05) is 51.0 Å². The van der Waals surface area contributed by atoms with E-state index < -0.39 is 0 Å². The van der Waals surface area contributed by atoms with E-state index in [1.54, 1.807) is 19.2 Å². The molecule has 0 heterocycles. The van der Waals surface area contributed by atoms with E-state index in [1.807, 2.05) is 52.0 Å². The quantitative estimate of drug-likeness (QED) is 0.687. The summed E-state index contributed by atoms with van der Waals surface area (Å²) in [6, 6.07) is 10.9. The minimum absolute atomic E-state index is 0.189. The average Bonchev–Trinajstić information content (AvgIpc) is 2.65.